The molecule has 4 heterocycles. The lowest BCUT2D eigenvalue weighted by Crippen LogP contribution is -2.36. The Morgan fingerprint density at radius 3 is 2.66 bits per heavy atom. The van der Waals surface area contributed by atoms with Crippen molar-refractivity contribution in [3.05, 3.63) is 82.9 Å². The zero-order valence-electron chi connectivity index (χ0n) is 19.4. The van der Waals surface area contributed by atoms with E-state index >= 15 is 0 Å². The third-order valence-corrected chi connectivity index (χ3v) is 6.49. The molecule has 3 aromatic heterocycles. The highest BCUT2D eigenvalue weighted by molar-refractivity contribution is 5.99. The summed E-state index contributed by atoms with van der Waals surface area (Å²) in [7, 11) is 0. The predicted molar refractivity (Wildman–Crippen MR) is 139 cm³/mol. The van der Waals surface area contributed by atoms with E-state index in [9.17, 15) is 4.79 Å². The fraction of sp³-hybridized carbons (Fsp3) is 0.222. The summed E-state index contributed by atoms with van der Waals surface area (Å²) in [6.45, 7) is 5.20. The molecule has 0 radical (unpaired) electrons. The first-order valence-corrected chi connectivity index (χ1v) is 11.8. The van der Waals surface area contributed by atoms with Crippen molar-refractivity contribution < 1.29 is 4.74 Å². The van der Waals surface area contributed by atoms with Crippen LogP contribution in [0, 0.1) is 0 Å². The van der Waals surface area contributed by atoms with Crippen molar-refractivity contribution in [1.29, 1.82) is 0 Å². The molecule has 1 aliphatic rings. The maximum absolute atomic E-state index is 13.4. The standard InChI is InChI=1S/C27H26N6O2/c1-17(20-7-4-5-11-28-20)29-25-19-6-2-3-8-21(19)32-27(34)24(25)26-30-22-10-9-18(16-23(22)31-26)33-12-14-35-15-13-33/h2-11,16-17H,12-15H2,1H3,(H,30,31)(H2,29,32,34)/t17-/m0/s1. The molecular formula is C27H26N6O2. The van der Waals surface area contributed by atoms with Crippen LogP contribution >= 0.6 is 0 Å². The number of fused-ring (bicyclic) bond motifs is 2. The number of aromatic amines is 2. The van der Waals surface area contributed by atoms with Gasteiger partial charge in [-0.1, -0.05) is 24.3 Å². The number of benzene rings is 2. The van der Waals surface area contributed by atoms with Gasteiger partial charge < -0.3 is 24.9 Å². The number of para-hydroxylation sites is 1. The maximum atomic E-state index is 13.4. The van der Waals surface area contributed by atoms with Crippen LogP contribution in [0.1, 0.15) is 18.7 Å². The second-order valence-corrected chi connectivity index (χ2v) is 8.76. The molecule has 176 valence electrons. The van der Waals surface area contributed by atoms with Gasteiger partial charge in [0.15, 0.2) is 0 Å². The monoisotopic (exact) mass is 466 g/mol. The van der Waals surface area contributed by atoms with Crippen molar-refractivity contribution in [3.63, 3.8) is 0 Å². The topological polar surface area (TPSA) is 98.9 Å². The van der Waals surface area contributed by atoms with Crippen molar-refractivity contribution in [2.75, 3.05) is 36.5 Å². The van der Waals surface area contributed by atoms with Crippen LogP contribution in [0.5, 0.6) is 0 Å². The van der Waals surface area contributed by atoms with E-state index in [1.165, 1.54) is 0 Å². The number of hydrogen-bond donors (Lipinski definition) is 3. The molecule has 0 aliphatic carbocycles. The number of imidazole rings is 1. The Bertz CT molecular complexity index is 1550. The molecule has 1 fully saturated rings. The van der Waals surface area contributed by atoms with E-state index in [4.69, 9.17) is 9.72 Å². The van der Waals surface area contributed by atoms with Crippen LogP contribution in [-0.2, 0) is 4.74 Å². The Morgan fingerprint density at radius 1 is 1.00 bits per heavy atom. The van der Waals surface area contributed by atoms with Gasteiger partial charge >= 0.3 is 0 Å². The Balaban J connectivity index is 1.47. The van der Waals surface area contributed by atoms with Crippen molar-refractivity contribution in [1.82, 2.24) is 19.9 Å². The van der Waals surface area contributed by atoms with Crippen LogP contribution in [0.25, 0.3) is 33.3 Å². The van der Waals surface area contributed by atoms with Crippen molar-refractivity contribution in [3.8, 4) is 11.4 Å². The number of nitrogens with zero attached hydrogens (tertiary/aromatic N) is 3. The van der Waals surface area contributed by atoms with Crippen molar-refractivity contribution in [2.24, 2.45) is 0 Å². The summed E-state index contributed by atoms with van der Waals surface area (Å²) in [6, 6.07) is 19.7. The number of nitrogens with one attached hydrogen (secondary N) is 3. The summed E-state index contributed by atoms with van der Waals surface area (Å²) in [5, 5.41) is 4.47. The van der Waals surface area contributed by atoms with E-state index in [0.717, 1.165) is 65.3 Å². The minimum absolute atomic E-state index is 0.113. The Kier molecular flexibility index (Phi) is 5.42. The highest BCUT2D eigenvalue weighted by Crippen LogP contribution is 2.33. The van der Waals surface area contributed by atoms with Crippen LogP contribution < -0.4 is 15.8 Å². The van der Waals surface area contributed by atoms with Gasteiger partial charge in [-0.2, -0.15) is 0 Å². The molecule has 5 aromatic rings. The first-order valence-electron chi connectivity index (χ1n) is 11.8. The quantitative estimate of drug-likeness (QED) is 0.353. The maximum Gasteiger partial charge on any atom is 0.261 e. The number of ether oxygens (including phenoxy) is 1. The van der Waals surface area contributed by atoms with E-state index in [0.29, 0.717) is 11.4 Å². The second kappa shape index (κ2) is 8.88. The second-order valence-electron chi connectivity index (χ2n) is 8.76. The molecule has 2 aromatic carbocycles. The molecule has 0 bridgehead atoms. The third kappa shape index (κ3) is 4.02. The molecule has 0 saturated carbocycles. The summed E-state index contributed by atoms with van der Waals surface area (Å²) in [4.78, 5) is 31.4. The van der Waals surface area contributed by atoms with E-state index in [1.807, 2.05) is 55.5 Å². The molecule has 0 unspecified atom stereocenters. The largest absolute Gasteiger partial charge is 0.378 e. The number of rotatable bonds is 5. The van der Waals surface area contributed by atoms with E-state index in [2.05, 4.69) is 37.3 Å². The van der Waals surface area contributed by atoms with Gasteiger partial charge in [-0.25, -0.2) is 4.98 Å². The van der Waals surface area contributed by atoms with E-state index in [-0.39, 0.29) is 11.6 Å². The minimum Gasteiger partial charge on any atom is -0.378 e. The Hall–Kier alpha value is -4.17. The molecular weight excluding hydrogens is 440 g/mol. The summed E-state index contributed by atoms with van der Waals surface area (Å²) in [6.07, 6.45) is 1.77. The molecule has 1 aliphatic heterocycles. The van der Waals surface area contributed by atoms with Crippen LogP contribution in [0.3, 0.4) is 0 Å². The van der Waals surface area contributed by atoms with Crippen molar-refractivity contribution >= 4 is 33.3 Å². The van der Waals surface area contributed by atoms with E-state index < -0.39 is 0 Å². The molecule has 1 saturated heterocycles. The van der Waals surface area contributed by atoms with Crippen LogP contribution in [0.2, 0.25) is 0 Å². The molecule has 8 heteroatoms. The van der Waals surface area contributed by atoms with Gasteiger partial charge in [-0.05, 0) is 43.3 Å². The van der Waals surface area contributed by atoms with Gasteiger partial charge in [0, 0.05) is 30.4 Å². The molecule has 8 nitrogen and oxygen atoms in total. The average molecular weight is 467 g/mol. The van der Waals surface area contributed by atoms with E-state index in [1.54, 1.807) is 6.20 Å². The van der Waals surface area contributed by atoms with Gasteiger partial charge in [0.1, 0.15) is 11.4 Å². The number of pyridine rings is 2. The third-order valence-electron chi connectivity index (χ3n) is 6.49. The Labute approximate surface area is 202 Å². The summed E-state index contributed by atoms with van der Waals surface area (Å²) >= 11 is 0. The van der Waals surface area contributed by atoms with Crippen molar-refractivity contribution in [2.45, 2.75) is 13.0 Å². The van der Waals surface area contributed by atoms with Gasteiger partial charge in [0.25, 0.3) is 5.56 Å². The summed E-state index contributed by atoms with van der Waals surface area (Å²) < 4.78 is 5.48. The smallest absolute Gasteiger partial charge is 0.261 e. The number of aromatic nitrogens is 4. The lowest BCUT2D eigenvalue weighted by atomic mass is 10.1. The predicted octanol–water partition coefficient (Wildman–Crippen LogP) is 4.48. The van der Waals surface area contributed by atoms with Gasteiger partial charge in [-0.15, -0.1) is 0 Å². The van der Waals surface area contributed by atoms with Gasteiger partial charge in [-0.3, -0.25) is 9.78 Å². The average Bonchev–Trinajstić information content (AvgIpc) is 3.32. The molecule has 6 rings (SSSR count). The first kappa shape index (κ1) is 21.4. The lowest BCUT2D eigenvalue weighted by Gasteiger charge is -2.28. The fourth-order valence-electron chi connectivity index (χ4n) is 4.68. The van der Waals surface area contributed by atoms with Gasteiger partial charge in [0.2, 0.25) is 0 Å². The number of anilines is 2. The highest BCUT2D eigenvalue weighted by Gasteiger charge is 2.21. The molecule has 0 spiro atoms. The Morgan fingerprint density at radius 2 is 1.83 bits per heavy atom. The van der Waals surface area contributed by atoms with Crippen LogP contribution in [-0.4, -0.2) is 46.2 Å². The normalized spacial score (nSPS) is 14.9. The number of hydrogen-bond acceptors (Lipinski definition) is 6. The first-order chi connectivity index (χ1) is 17.2. The molecule has 0 amide bonds. The fourth-order valence-corrected chi connectivity index (χ4v) is 4.68. The highest BCUT2D eigenvalue weighted by atomic mass is 16.5. The molecule has 35 heavy (non-hydrogen) atoms. The zero-order chi connectivity index (χ0) is 23.8. The summed E-state index contributed by atoms with van der Waals surface area (Å²) in [5.41, 5.74) is 5.49. The summed E-state index contributed by atoms with van der Waals surface area (Å²) in [5.74, 6) is 0.529. The lowest BCUT2D eigenvalue weighted by molar-refractivity contribution is 0.122. The number of morpholine rings is 1. The van der Waals surface area contributed by atoms with Gasteiger partial charge in [0.05, 0.1) is 47.2 Å². The van der Waals surface area contributed by atoms with Crippen LogP contribution in [0.4, 0.5) is 11.4 Å². The zero-order valence-corrected chi connectivity index (χ0v) is 19.4. The molecule has 3 N–H and O–H groups in total. The SMILES string of the molecule is C[C@H](Nc1c(-c2nc3ccc(N4CCOCC4)cc3[nH]2)c(=O)[nH]c2ccccc12)c1ccccn1. The van der Waals surface area contributed by atoms with Crippen LogP contribution in [0.15, 0.2) is 71.7 Å². The minimum atomic E-state index is -0.202. The molecule has 1 atom stereocenters. The number of H-pyrrole nitrogens is 2.